The van der Waals surface area contributed by atoms with Crippen molar-refractivity contribution >= 4 is 0 Å². The van der Waals surface area contributed by atoms with Crippen molar-refractivity contribution in [3.05, 3.63) is 0 Å². The summed E-state index contributed by atoms with van der Waals surface area (Å²) in [6.45, 7) is 8.65. The zero-order chi connectivity index (χ0) is 7.94. The Bertz CT molecular complexity index is 121. The van der Waals surface area contributed by atoms with E-state index in [4.69, 9.17) is 0 Å². The minimum Gasteiger partial charge on any atom is -0.393 e. The third kappa shape index (κ3) is 1.51. The lowest BCUT2D eigenvalue weighted by Crippen LogP contribution is -2.14. The molecule has 0 aromatic carbocycles. The zero-order valence-electron chi connectivity index (χ0n) is 7.39. The lowest BCUT2D eigenvalue weighted by Gasteiger charge is -2.18. The molecular weight excluding hydrogens is 124 g/mol. The fourth-order valence-electron chi connectivity index (χ4n) is 1.74. The molecule has 1 aliphatic carbocycles. The van der Waals surface area contributed by atoms with Crippen LogP contribution in [0, 0.1) is 17.3 Å². The summed E-state index contributed by atoms with van der Waals surface area (Å²) in [6, 6.07) is 0. The zero-order valence-corrected chi connectivity index (χ0v) is 7.39. The van der Waals surface area contributed by atoms with Gasteiger partial charge in [-0.3, -0.25) is 0 Å². The van der Waals surface area contributed by atoms with Crippen LogP contribution in [0.5, 0.6) is 0 Å². The van der Waals surface area contributed by atoms with Crippen molar-refractivity contribution in [2.24, 2.45) is 17.3 Å². The van der Waals surface area contributed by atoms with Crippen molar-refractivity contribution in [2.75, 3.05) is 0 Å². The summed E-state index contributed by atoms with van der Waals surface area (Å²) in [5.74, 6) is 1.34. The molecule has 0 unspecified atom stereocenters. The van der Waals surface area contributed by atoms with Crippen LogP contribution in [0.1, 0.15) is 34.1 Å². The van der Waals surface area contributed by atoms with Crippen molar-refractivity contribution in [3.63, 3.8) is 0 Å². The standard InChI is InChI=1S/C9H18O/c1-6(10)7-5-8(7)9(2,3)4/h6-8,10H,5H2,1-4H3/t6-,7-,8+/m0/s1. The molecule has 3 atom stereocenters. The molecule has 0 spiro atoms. The highest BCUT2D eigenvalue weighted by Crippen LogP contribution is 2.52. The molecular formula is C9H18O. The first-order valence-corrected chi connectivity index (χ1v) is 4.11. The topological polar surface area (TPSA) is 20.2 Å². The van der Waals surface area contributed by atoms with E-state index >= 15 is 0 Å². The van der Waals surface area contributed by atoms with Crippen LogP contribution in [0.2, 0.25) is 0 Å². The second-order valence-electron chi connectivity index (χ2n) is 4.61. The Morgan fingerprint density at radius 3 is 2.00 bits per heavy atom. The third-order valence-corrected chi connectivity index (χ3v) is 2.57. The van der Waals surface area contributed by atoms with Gasteiger partial charge in [-0.1, -0.05) is 20.8 Å². The highest BCUT2D eigenvalue weighted by atomic mass is 16.3. The van der Waals surface area contributed by atoms with Crippen LogP contribution < -0.4 is 0 Å². The second-order valence-corrected chi connectivity index (χ2v) is 4.61. The average Bonchev–Trinajstić information content (AvgIpc) is 2.35. The van der Waals surface area contributed by atoms with E-state index in [1.165, 1.54) is 6.42 Å². The molecule has 60 valence electrons. The fraction of sp³-hybridized carbons (Fsp3) is 1.00. The lowest BCUT2D eigenvalue weighted by molar-refractivity contribution is 0.149. The first-order chi connectivity index (χ1) is 4.43. The third-order valence-electron chi connectivity index (χ3n) is 2.57. The Morgan fingerprint density at radius 1 is 1.40 bits per heavy atom. The molecule has 1 heteroatoms. The van der Waals surface area contributed by atoms with Crippen molar-refractivity contribution in [1.82, 2.24) is 0 Å². The predicted molar refractivity (Wildman–Crippen MR) is 42.7 cm³/mol. The van der Waals surface area contributed by atoms with E-state index < -0.39 is 0 Å². The molecule has 1 nitrogen and oxygen atoms in total. The summed E-state index contributed by atoms with van der Waals surface area (Å²) < 4.78 is 0. The van der Waals surface area contributed by atoms with E-state index in [1.807, 2.05) is 6.92 Å². The first-order valence-electron chi connectivity index (χ1n) is 4.11. The summed E-state index contributed by atoms with van der Waals surface area (Å²) in [4.78, 5) is 0. The summed E-state index contributed by atoms with van der Waals surface area (Å²) in [7, 11) is 0. The van der Waals surface area contributed by atoms with Gasteiger partial charge in [0.25, 0.3) is 0 Å². The van der Waals surface area contributed by atoms with Crippen molar-refractivity contribution < 1.29 is 5.11 Å². The minimum absolute atomic E-state index is 0.0933. The van der Waals surface area contributed by atoms with Crippen LogP contribution in [-0.4, -0.2) is 11.2 Å². The van der Waals surface area contributed by atoms with Gasteiger partial charge in [-0.2, -0.15) is 0 Å². The van der Waals surface area contributed by atoms with Gasteiger partial charge >= 0.3 is 0 Å². The molecule has 0 radical (unpaired) electrons. The highest BCUT2D eigenvalue weighted by molar-refractivity contribution is 4.96. The van der Waals surface area contributed by atoms with Crippen molar-refractivity contribution in [1.29, 1.82) is 0 Å². The summed E-state index contributed by atoms with van der Waals surface area (Å²) in [5.41, 5.74) is 0.404. The fourth-order valence-corrected chi connectivity index (χ4v) is 1.74. The normalized spacial score (nSPS) is 35.7. The van der Waals surface area contributed by atoms with E-state index in [2.05, 4.69) is 20.8 Å². The quantitative estimate of drug-likeness (QED) is 0.594. The summed E-state index contributed by atoms with van der Waals surface area (Å²) in [5, 5.41) is 9.23. The van der Waals surface area contributed by atoms with E-state index in [1.54, 1.807) is 0 Å². The maximum Gasteiger partial charge on any atom is 0.0543 e. The lowest BCUT2D eigenvalue weighted by atomic mass is 9.88. The Balaban J connectivity index is 2.39. The minimum atomic E-state index is -0.0933. The van der Waals surface area contributed by atoms with Gasteiger partial charge in [0.15, 0.2) is 0 Å². The maximum atomic E-state index is 9.23. The number of hydrogen-bond acceptors (Lipinski definition) is 1. The molecule has 0 saturated heterocycles. The maximum absolute atomic E-state index is 9.23. The molecule has 1 fully saturated rings. The molecule has 0 aromatic heterocycles. The van der Waals surface area contributed by atoms with Gasteiger partial charge in [-0.05, 0) is 30.6 Å². The molecule has 0 aliphatic heterocycles. The summed E-state index contributed by atoms with van der Waals surface area (Å²) >= 11 is 0. The Labute approximate surface area is 63.4 Å². The number of hydrogen-bond donors (Lipinski definition) is 1. The van der Waals surface area contributed by atoms with Gasteiger partial charge in [0.2, 0.25) is 0 Å². The van der Waals surface area contributed by atoms with E-state index in [-0.39, 0.29) is 6.10 Å². The molecule has 1 rings (SSSR count). The van der Waals surface area contributed by atoms with Crippen LogP contribution in [0.4, 0.5) is 0 Å². The predicted octanol–water partition coefficient (Wildman–Crippen LogP) is 2.05. The molecule has 0 heterocycles. The Kier molecular flexibility index (Phi) is 1.80. The average molecular weight is 142 g/mol. The molecule has 1 saturated carbocycles. The van der Waals surface area contributed by atoms with Crippen LogP contribution in [0.25, 0.3) is 0 Å². The van der Waals surface area contributed by atoms with E-state index in [0.717, 1.165) is 5.92 Å². The van der Waals surface area contributed by atoms with Gasteiger partial charge in [-0.25, -0.2) is 0 Å². The van der Waals surface area contributed by atoms with Crippen LogP contribution >= 0.6 is 0 Å². The smallest absolute Gasteiger partial charge is 0.0543 e. The van der Waals surface area contributed by atoms with Crippen LogP contribution in [0.15, 0.2) is 0 Å². The summed E-state index contributed by atoms with van der Waals surface area (Å²) in [6.07, 6.45) is 1.13. The Morgan fingerprint density at radius 2 is 1.90 bits per heavy atom. The first kappa shape index (κ1) is 8.06. The molecule has 0 aromatic rings. The molecule has 1 N–H and O–H groups in total. The number of aliphatic hydroxyl groups excluding tert-OH is 1. The van der Waals surface area contributed by atoms with Gasteiger partial charge in [-0.15, -0.1) is 0 Å². The highest BCUT2D eigenvalue weighted by Gasteiger charge is 2.47. The van der Waals surface area contributed by atoms with Crippen molar-refractivity contribution in [2.45, 2.75) is 40.2 Å². The van der Waals surface area contributed by atoms with Gasteiger partial charge in [0.1, 0.15) is 0 Å². The Hall–Kier alpha value is -0.0400. The van der Waals surface area contributed by atoms with Crippen LogP contribution in [0.3, 0.4) is 0 Å². The second kappa shape index (κ2) is 2.23. The number of rotatable bonds is 1. The van der Waals surface area contributed by atoms with Gasteiger partial charge in [0, 0.05) is 0 Å². The van der Waals surface area contributed by atoms with Crippen molar-refractivity contribution in [3.8, 4) is 0 Å². The van der Waals surface area contributed by atoms with Gasteiger partial charge in [0.05, 0.1) is 6.10 Å². The van der Waals surface area contributed by atoms with E-state index in [0.29, 0.717) is 11.3 Å². The SMILES string of the molecule is C[C@H](O)[C@@H]1C[C@H]1C(C)(C)C. The number of aliphatic hydroxyl groups is 1. The largest absolute Gasteiger partial charge is 0.393 e. The monoisotopic (exact) mass is 142 g/mol. The molecule has 0 bridgehead atoms. The molecule has 10 heavy (non-hydrogen) atoms. The van der Waals surface area contributed by atoms with Gasteiger partial charge < -0.3 is 5.11 Å². The molecule has 0 amide bonds. The molecule has 1 aliphatic rings. The van der Waals surface area contributed by atoms with Crippen LogP contribution in [-0.2, 0) is 0 Å². The van der Waals surface area contributed by atoms with E-state index in [9.17, 15) is 5.11 Å².